The van der Waals surface area contributed by atoms with Crippen LogP contribution in [0.5, 0.6) is 0 Å². The molecule has 9 nitrogen and oxygen atoms in total. The summed E-state index contributed by atoms with van der Waals surface area (Å²) in [7, 11) is 3.45. The molecule has 9 heteroatoms. The second-order valence-electron chi connectivity index (χ2n) is 6.04. The van der Waals surface area contributed by atoms with Crippen LogP contribution in [0.3, 0.4) is 0 Å². The molecule has 0 aliphatic carbocycles. The van der Waals surface area contributed by atoms with E-state index < -0.39 is 0 Å². The lowest BCUT2D eigenvalue weighted by molar-refractivity contribution is -0.121. The zero-order valence-corrected chi connectivity index (χ0v) is 15.2. The molecule has 0 bridgehead atoms. The number of nitrogens with zero attached hydrogens (tertiary/aromatic N) is 5. The van der Waals surface area contributed by atoms with E-state index in [4.69, 9.17) is 0 Å². The minimum Gasteiger partial charge on any atom is -0.358 e. The normalized spacial score (nSPS) is 10.6. The van der Waals surface area contributed by atoms with Gasteiger partial charge in [-0.15, -0.1) is 10.2 Å². The standard InChI is InChI=1S/C18H21N7O2/c1-19-17(26)11-25-10-15(9-22-25)13-3-5-14(6-4-13)18(27)20-8-7-16-23-21-12-24(16)2/h3-6,9-10,12H,7-8,11H2,1-2H3,(H,19,26)(H,20,27). The SMILES string of the molecule is CNC(=O)Cn1cc(-c2ccc(C(=O)NCCc3nncn3C)cc2)cn1. The van der Waals surface area contributed by atoms with Crippen molar-refractivity contribution in [2.75, 3.05) is 13.6 Å². The van der Waals surface area contributed by atoms with Gasteiger partial charge in [0.2, 0.25) is 5.91 Å². The van der Waals surface area contributed by atoms with Gasteiger partial charge in [0.05, 0.1) is 6.20 Å². The van der Waals surface area contributed by atoms with Gasteiger partial charge in [-0.05, 0) is 17.7 Å². The molecule has 0 atom stereocenters. The molecule has 2 heterocycles. The molecule has 1 aromatic carbocycles. The van der Waals surface area contributed by atoms with Crippen LogP contribution in [0.15, 0.2) is 43.0 Å². The van der Waals surface area contributed by atoms with Gasteiger partial charge in [0.15, 0.2) is 0 Å². The third kappa shape index (κ3) is 4.57. The molecule has 27 heavy (non-hydrogen) atoms. The lowest BCUT2D eigenvalue weighted by Gasteiger charge is -2.06. The van der Waals surface area contributed by atoms with Crippen LogP contribution in [0.25, 0.3) is 11.1 Å². The average Bonchev–Trinajstić information content (AvgIpc) is 3.31. The summed E-state index contributed by atoms with van der Waals surface area (Å²) in [6.45, 7) is 0.655. The zero-order valence-electron chi connectivity index (χ0n) is 15.2. The Hall–Kier alpha value is -3.49. The van der Waals surface area contributed by atoms with Gasteiger partial charge in [-0.1, -0.05) is 12.1 Å². The van der Waals surface area contributed by atoms with Crippen molar-refractivity contribution < 1.29 is 9.59 Å². The predicted octanol–water partition coefficient (Wildman–Crippen LogP) is 0.397. The molecule has 0 unspecified atom stereocenters. The Morgan fingerprint density at radius 1 is 1.15 bits per heavy atom. The maximum atomic E-state index is 12.2. The van der Waals surface area contributed by atoms with Gasteiger partial charge < -0.3 is 15.2 Å². The number of aromatic nitrogens is 5. The number of hydrogen-bond acceptors (Lipinski definition) is 5. The van der Waals surface area contributed by atoms with E-state index in [2.05, 4.69) is 25.9 Å². The van der Waals surface area contributed by atoms with Crippen molar-refractivity contribution in [1.29, 1.82) is 0 Å². The molecular weight excluding hydrogens is 346 g/mol. The molecule has 0 aliphatic rings. The molecule has 140 valence electrons. The van der Waals surface area contributed by atoms with E-state index in [1.807, 2.05) is 23.7 Å². The maximum Gasteiger partial charge on any atom is 0.251 e. The number of amides is 2. The number of benzene rings is 1. The van der Waals surface area contributed by atoms with Crippen molar-refractivity contribution in [3.8, 4) is 11.1 Å². The van der Waals surface area contributed by atoms with Crippen LogP contribution in [0, 0.1) is 0 Å². The van der Waals surface area contributed by atoms with Crippen molar-refractivity contribution in [3.05, 3.63) is 54.4 Å². The highest BCUT2D eigenvalue weighted by Crippen LogP contribution is 2.19. The van der Waals surface area contributed by atoms with Crippen molar-refractivity contribution in [2.24, 2.45) is 7.05 Å². The molecule has 3 aromatic rings. The Morgan fingerprint density at radius 2 is 1.93 bits per heavy atom. The number of carbonyl (C=O) groups is 2. The minimum absolute atomic E-state index is 0.113. The van der Waals surface area contributed by atoms with Crippen LogP contribution in [-0.2, 0) is 24.8 Å². The largest absolute Gasteiger partial charge is 0.358 e. The summed E-state index contributed by atoms with van der Waals surface area (Å²) in [6.07, 6.45) is 5.74. The number of likely N-dealkylation sites (N-methyl/N-ethyl adjacent to an activating group) is 1. The Morgan fingerprint density at radius 3 is 2.59 bits per heavy atom. The van der Waals surface area contributed by atoms with Crippen LogP contribution in [-0.4, -0.2) is 50.0 Å². The Balaban J connectivity index is 1.57. The smallest absolute Gasteiger partial charge is 0.251 e. The summed E-state index contributed by atoms with van der Waals surface area (Å²) in [5, 5.41) is 17.4. The van der Waals surface area contributed by atoms with Crippen molar-refractivity contribution in [2.45, 2.75) is 13.0 Å². The lowest BCUT2D eigenvalue weighted by Crippen LogP contribution is -2.26. The first-order valence-corrected chi connectivity index (χ1v) is 8.51. The van der Waals surface area contributed by atoms with E-state index in [0.29, 0.717) is 18.5 Å². The Bertz CT molecular complexity index is 927. The highest BCUT2D eigenvalue weighted by molar-refractivity contribution is 5.94. The number of rotatable bonds is 7. The molecule has 2 aromatic heterocycles. The summed E-state index contributed by atoms with van der Waals surface area (Å²) >= 11 is 0. The van der Waals surface area contributed by atoms with E-state index in [-0.39, 0.29) is 18.4 Å². The number of aryl methyl sites for hydroxylation is 1. The molecule has 0 radical (unpaired) electrons. The fraction of sp³-hybridized carbons (Fsp3) is 0.278. The quantitative estimate of drug-likeness (QED) is 0.629. The zero-order chi connectivity index (χ0) is 19.2. The van der Waals surface area contributed by atoms with Gasteiger partial charge in [0.1, 0.15) is 18.7 Å². The molecule has 0 spiro atoms. The fourth-order valence-electron chi connectivity index (χ4n) is 2.56. The third-order valence-electron chi connectivity index (χ3n) is 4.14. The summed E-state index contributed by atoms with van der Waals surface area (Å²) < 4.78 is 3.40. The highest BCUT2D eigenvalue weighted by atomic mass is 16.2. The van der Waals surface area contributed by atoms with Crippen molar-refractivity contribution in [3.63, 3.8) is 0 Å². The van der Waals surface area contributed by atoms with Crippen molar-refractivity contribution >= 4 is 11.8 Å². The van der Waals surface area contributed by atoms with E-state index in [0.717, 1.165) is 17.0 Å². The van der Waals surface area contributed by atoms with Crippen LogP contribution in [0.1, 0.15) is 16.2 Å². The van der Waals surface area contributed by atoms with Gasteiger partial charge in [-0.25, -0.2) is 0 Å². The highest BCUT2D eigenvalue weighted by Gasteiger charge is 2.09. The molecule has 3 rings (SSSR count). The average molecular weight is 367 g/mol. The van der Waals surface area contributed by atoms with Crippen molar-refractivity contribution in [1.82, 2.24) is 35.2 Å². The summed E-state index contributed by atoms with van der Waals surface area (Å²) in [5.74, 6) is 0.566. The second kappa shape index (κ2) is 8.26. The van der Waals surface area contributed by atoms with Gasteiger partial charge in [0, 0.05) is 44.4 Å². The first kappa shape index (κ1) is 18.3. The first-order chi connectivity index (χ1) is 13.1. The van der Waals surface area contributed by atoms with Gasteiger partial charge >= 0.3 is 0 Å². The Kier molecular flexibility index (Phi) is 5.60. The van der Waals surface area contributed by atoms with Gasteiger partial charge in [-0.2, -0.15) is 5.10 Å². The van der Waals surface area contributed by atoms with Crippen LogP contribution >= 0.6 is 0 Å². The fourth-order valence-corrected chi connectivity index (χ4v) is 2.56. The first-order valence-electron chi connectivity index (χ1n) is 8.51. The van der Waals surface area contributed by atoms with Crippen LogP contribution < -0.4 is 10.6 Å². The molecule has 0 saturated heterocycles. The van der Waals surface area contributed by atoms with Crippen LogP contribution in [0.2, 0.25) is 0 Å². The van der Waals surface area contributed by atoms with Gasteiger partial charge in [0.25, 0.3) is 5.91 Å². The molecule has 2 N–H and O–H groups in total. The van der Waals surface area contributed by atoms with E-state index >= 15 is 0 Å². The van der Waals surface area contributed by atoms with E-state index in [1.165, 1.54) is 0 Å². The Labute approximate surface area is 156 Å². The number of hydrogen-bond donors (Lipinski definition) is 2. The molecule has 0 saturated carbocycles. The monoisotopic (exact) mass is 367 g/mol. The van der Waals surface area contributed by atoms with E-state index in [9.17, 15) is 9.59 Å². The molecular formula is C18H21N7O2. The molecule has 2 amide bonds. The second-order valence-corrected chi connectivity index (χ2v) is 6.04. The van der Waals surface area contributed by atoms with Crippen LogP contribution in [0.4, 0.5) is 0 Å². The van der Waals surface area contributed by atoms with E-state index in [1.54, 1.807) is 42.6 Å². The topological polar surface area (TPSA) is 107 Å². The lowest BCUT2D eigenvalue weighted by atomic mass is 10.1. The third-order valence-corrected chi connectivity index (χ3v) is 4.14. The number of nitrogens with one attached hydrogen (secondary N) is 2. The minimum atomic E-state index is -0.140. The summed E-state index contributed by atoms with van der Waals surface area (Å²) in [6, 6.07) is 7.25. The predicted molar refractivity (Wildman–Crippen MR) is 98.8 cm³/mol. The molecule has 0 fully saturated rings. The molecule has 0 aliphatic heterocycles. The summed E-state index contributed by atoms with van der Waals surface area (Å²) in [4.78, 5) is 23.7. The number of carbonyl (C=O) groups excluding carboxylic acids is 2. The summed E-state index contributed by atoms with van der Waals surface area (Å²) in [5.41, 5.74) is 2.39. The van der Waals surface area contributed by atoms with Gasteiger partial charge in [-0.3, -0.25) is 14.3 Å². The maximum absolute atomic E-state index is 12.2.